The molecule has 0 amide bonds. The van der Waals surface area contributed by atoms with E-state index >= 15 is 0 Å². The lowest BCUT2D eigenvalue weighted by atomic mass is 9.82. The molecule has 0 aliphatic heterocycles. The van der Waals surface area contributed by atoms with Gasteiger partial charge in [-0.1, -0.05) is 20.8 Å². The van der Waals surface area contributed by atoms with E-state index in [1.165, 1.54) is 0 Å². The van der Waals surface area contributed by atoms with Crippen LogP contribution in [0.5, 0.6) is 0 Å². The maximum atomic E-state index is 5.26. The van der Waals surface area contributed by atoms with Gasteiger partial charge in [0, 0.05) is 18.8 Å². The molecule has 0 aliphatic carbocycles. The summed E-state index contributed by atoms with van der Waals surface area (Å²) in [5.74, 6) is 0.932. The predicted molar refractivity (Wildman–Crippen MR) is 85.3 cm³/mol. The standard InChI is InChI=1S/C16H31N3O/c1-12-9-19(13(2)10-20-8)14(17-12)18-16(6,7)11-15(3,4)5/h9,13H,10-11H2,1-8H3,(H,17,18). The van der Waals surface area contributed by atoms with Crippen molar-refractivity contribution in [1.29, 1.82) is 0 Å². The van der Waals surface area contributed by atoms with Gasteiger partial charge in [0.05, 0.1) is 18.3 Å². The molecule has 20 heavy (non-hydrogen) atoms. The monoisotopic (exact) mass is 281 g/mol. The van der Waals surface area contributed by atoms with Gasteiger partial charge >= 0.3 is 0 Å². The van der Waals surface area contributed by atoms with Crippen LogP contribution < -0.4 is 5.32 Å². The van der Waals surface area contributed by atoms with E-state index in [0.717, 1.165) is 18.1 Å². The van der Waals surface area contributed by atoms with Crippen molar-refractivity contribution in [2.45, 2.75) is 66.5 Å². The minimum absolute atomic E-state index is 0.000580. The van der Waals surface area contributed by atoms with Gasteiger partial charge in [-0.2, -0.15) is 0 Å². The number of nitrogens with one attached hydrogen (secondary N) is 1. The lowest BCUT2D eigenvalue weighted by molar-refractivity contribution is 0.162. The van der Waals surface area contributed by atoms with Gasteiger partial charge in [-0.25, -0.2) is 4.98 Å². The summed E-state index contributed by atoms with van der Waals surface area (Å²) in [4.78, 5) is 4.63. The van der Waals surface area contributed by atoms with Gasteiger partial charge in [-0.15, -0.1) is 0 Å². The number of rotatable bonds is 6. The molecule has 0 bridgehead atoms. The summed E-state index contributed by atoms with van der Waals surface area (Å²) in [5.41, 5.74) is 1.31. The van der Waals surface area contributed by atoms with Crippen molar-refractivity contribution in [3.63, 3.8) is 0 Å². The topological polar surface area (TPSA) is 39.1 Å². The SMILES string of the molecule is COCC(C)n1cc(C)nc1NC(C)(C)CC(C)(C)C. The number of aromatic nitrogens is 2. The zero-order chi connectivity index (χ0) is 15.6. The van der Waals surface area contributed by atoms with Crippen molar-refractivity contribution in [3.05, 3.63) is 11.9 Å². The fourth-order valence-corrected chi connectivity index (χ4v) is 2.94. The van der Waals surface area contributed by atoms with Gasteiger partial charge in [0.2, 0.25) is 5.95 Å². The predicted octanol–water partition coefficient (Wildman–Crippen LogP) is 4.03. The van der Waals surface area contributed by atoms with E-state index in [4.69, 9.17) is 4.74 Å². The van der Waals surface area contributed by atoms with Crippen LogP contribution in [0, 0.1) is 12.3 Å². The molecular formula is C16H31N3O. The number of methoxy groups -OCH3 is 1. The average molecular weight is 281 g/mol. The fraction of sp³-hybridized carbons (Fsp3) is 0.812. The summed E-state index contributed by atoms with van der Waals surface area (Å²) in [5, 5.41) is 3.60. The number of aryl methyl sites for hydroxylation is 1. The third-order valence-corrected chi connectivity index (χ3v) is 3.16. The molecule has 0 saturated heterocycles. The summed E-state index contributed by atoms with van der Waals surface area (Å²) < 4.78 is 7.43. The van der Waals surface area contributed by atoms with Crippen molar-refractivity contribution in [2.75, 3.05) is 19.0 Å². The second-order valence-electron chi connectivity index (χ2n) is 7.66. The summed E-state index contributed by atoms with van der Waals surface area (Å²) in [6.07, 6.45) is 3.16. The molecular weight excluding hydrogens is 250 g/mol. The molecule has 1 aromatic heterocycles. The highest BCUT2D eigenvalue weighted by molar-refractivity contribution is 5.33. The van der Waals surface area contributed by atoms with Crippen LogP contribution in [0.25, 0.3) is 0 Å². The Labute approximate surface area is 123 Å². The van der Waals surface area contributed by atoms with Crippen LogP contribution in [-0.2, 0) is 4.74 Å². The van der Waals surface area contributed by atoms with Crippen LogP contribution in [0.2, 0.25) is 0 Å². The van der Waals surface area contributed by atoms with E-state index in [9.17, 15) is 0 Å². The third-order valence-electron chi connectivity index (χ3n) is 3.16. The van der Waals surface area contributed by atoms with E-state index in [1.54, 1.807) is 7.11 Å². The van der Waals surface area contributed by atoms with E-state index in [0.29, 0.717) is 6.61 Å². The van der Waals surface area contributed by atoms with Crippen LogP contribution in [0.15, 0.2) is 6.20 Å². The Balaban J connectivity index is 2.91. The largest absolute Gasteiger partial charge is 0.383 e. The first kappa shape index (κ1) is 17.0. The smallest absolute Gasteiger partial charge is 0.203 e. The quantitative estimate of drug-likeness (QED) is 0.855. The Hall–Kier alpha value is -1.03. The molecule has 1 N–H and O–H groups in total. The number of hydrogen-bond donors (Lipinski definition) is 1. The first-order valence-corrected chi connectivity index (χ1v) is 7.37. The van der Waals surface area contributed by atoms with Gasteiger partial charge in [0.25, 0.3) is 0 Å². The van der Waals surface area contributed by atoms with Gasteiger partial charge in [-0.3, -0.25) is 0 Å². The number of hydrogen-bond acceptors (Lipinski definition) is 3. The number of nitrogens with zero attached hydrogens (tertiary/aromatic N) is 2. The van der Waals surface area contributed by atoms with Crippen LogP contribution in [0.3, 0.4) is 0 Å². The van der Waals surface area contributed by atoms with Crippen LogP contribution in [0.4, 0.5) is 5.95 Å². The van der Waals surface area contributed by atoms with Crippen LogP contribution in [-0.4, -0.2) is 28.8 Å². The molecule has 1 rings (SSSR count). The molecule has 0 saturated carbocycles. The molecule has 1 heterocycles. The van der Waals surface area contributed by atoms with E-state index in [1.807, 2.05) is 6.92 Å². The molecule has 1 unspecified atom stereocenters. The van der Waals surface area contributed by atoms with Crippen LogP contribution >= 0.6 is 0 Å². The number of ether oxygens (including phenoxy) is 1. The lowest BCUT2D eigenvalue weighted by Crippen LogP contribution is -2.36. The maximum Gasteiger partial charge on any atom is 0.203 e. The molecule has 1 atom stereocenters. The Morgan fingerprint density at radius 2 is 1.90 bits per heavy atom. The summed E-state index contributed by atoms with van der Waals surface area (Å²) >= 11 is 0. The van der Waals surface area contributed by atoms with Crippen LogP contribution in [0.1, 0.15) is 59.7 Å². The summed E-state index contributed by atoms with van der Waals surface area (Å²) in [6, 6.07) is 0.272. The first-order valence-electron chi connectivity index (χ1n) is 7.37. The molecule has 4 nitrogen and oxygen atoms in total. The van der Waals surface area contributed by atoms with Gasteiger partial charge in [-0.05, 0) is 39.5 Å². The lowest BCUT2D eigenvalue weighted by Gasteiger charge is -2.34. The Kier molecular flexibility index (Phi) is 5.25. The van der Waals surface area contributed by atoms with E-state index in [-0.39, 0.29) is 17.0 Å². The van der Waals surface area contributed by atoms with E-state index in [2.05, 4.69) is 62.6 Å². The molecule has 116 valence electrons. The van der Waals surface area contributed by atoms with Crippen molar-refractivity contribution in [2.24, 2.45) is 5.41 Å². The highest BCUT2D eigenvalue weighted by Gasteiger charge is 2.27. The molecule has 1 aromatic rings. The van der Waals surface area contributed by atoms with Crippen molar-refractivity contribution < 1.29 is 4.74 Å². The van der Waals surface area contributed by atoms with Crippen molar-refractivity contribution in [1.82, 2.24) is 9.55 Å². The second-order valence-corrected chi connectivity index (χ2v) is 7.66. The van der Waals surface area contributed by atoms with Crippen molar-refractivity contribution in [3.8, 4) is 0 Å². The average Bonchev–Trinajstić information content (AvgIpc) is 2.54. The van der Waals surface area contributed by atoms with Gasteiger partial charge < -0.3 is 14.6 Å². The Bertz CT molecular complexity index is 429. The number of imidazole rings is 1. The summed E-state index contributed by atoms with van der Waals surface area (Å²) in [7, 11) is 1.73. The Morgan fingerprint density at radius 3 is 2.40 bits per heavy atom. The fourth-order valence-electron chi connectivity index (χ4n) is 2.94. The molecule has 4 heteroatoms. The maximum absolute atomic E-state index is 5.26. The molecule has 0 fully saturated rings. The molecule has 0 aliphatic rings. The van der Waals surface area contributed by atoms with E-state index < -0.39 is 0 Å². The first-order chi connectivity index (χ1) is 9.04. The minimum Gasteiger partial charge on any atom is -0.383 e. The highest BCUT2D eigenvalue weighted by Crippen LogP contribution is 2.30. The zero-order valence-electron chi connectivity index (χ0n) is 14.4. The molecule has 0 spiro atoms. The second kappa shape index (κ2) is 6.17. The number of anilines is 1. The summed E-state index contributed by atoms with van der Waals surface area (Å²) in [6.45, 7) is 16.1. The minimum atomic E-state index is 0.000580. The highest BCUT2D eigenvalue weighted by atomic mass is 16.5. The Morgan fingerprint density at radius 1 is 1.30 bits per heavy atom. The van der Waals surface area contributed by atoms with Gasteiger partial charge in [0.1, 0.15) is 0 Å². The molecule has 0 aromatic carbocycles. The third kappa shape index (κ3) is 5.16. The zero-order valence-corrected chi connectivity index (χ0v) is 14.4. The molecule has 0 radical (unpaired) electrons. The van der Waals surface area contributed by atoms with Gasteiger partial charge in [0.15, 0.2) is 0 Å². The normalized spacial score (nSPS) is 14.4. The van der Waals surface area contributed by atoms with Crippen molar-refractivity contribution >= 4 is 5.95 Å².